The lowest BCUT2D eigenvalue weighted by atomic mass is 10.0. The summed E-state index contributed by atoms with van der Waals surface area (Å²) in [7, 11) is 0. The van der Waals surface area contributed by atoms with E-state index < -0.39 is 0 Å². The van der Waals surface area contributed by atoms with Crippen molar-refractivity contribution < 1.29 is 9.53 Å². The van der Waals surface area contributed by atoms with Crippen LogP contribution < -0.4 is 4.74 Å². The number of benzene rings is 2. The molecule has 2 aromatic rings. The van der Waals surface area contributed by atoms with Crippen LogP contribution in [0.1, 0.15) is 26.3 Å². The highest BCUT2D eigenvalue weighted by Gasteiger charge is 2.04. The van der Waals surface area contributed by atoms with Gasteiger partial charge in [-0.05, 0) is 23.4 Å². The van der Waals surface area contributed by atoms with Crippen LogP contribution in [0, 0.1) is 0 Å². The fraction of sp³-hybridized carbons (Fsp3) is 0.312. The van der Waals surface area contributed by atoms with Gasteiger partial charge in [-0.25, -0.2) is 0 Å². The molecular weight excluding hydrogens is 224 g/mol. The number of aldehydes is 1. The summed E-state index contributed by atoms with van der Waals surface area (Å²) in [6.07, 6.45) is 1.76. The quantitative estimate of drug-likeness (QED) is 0.760. The van der Waals surface area contributed by atoms with Gasteiger partial charge in [-0.15, -0.1) is 0 Å². The molecule has 0 aromatic heterocycles. The maximum absolute atomic E-state index is 10.3. The van der Waals surface area contributed by atoms with Crippen molar-refractivity contribution in [2.75, 3.05) is 6.61 Å². The van der Waals surface area contributed by atoms with E-state index in [4.69, 9.17) is 4.74 Å². The summed E-state index contributed by atoms with van der Waals surface area (Å²) in [5, 5.41) is 2.28. The molecule has 0 heterocycles. The molecule has 2 nitrogen and oxygen atoms in total. The van der Waals surface area contributed by atoms with Gasteiger partial charge >= 0.3 is 0 Å². The molecule has 18 heavy (non-hydrogen) atoms. The molecule has 0 saturated heterocycles. The first-order valence-electron chi connectivity index (χ1n) is 6.44. The minimum Gasteiger partial charge on any atom is -0.486 e. The molecule has 0 unspecified atom stereocenters. The van der Waals surface area contributed by atoms with Gasteiger partial charge in [0.1, 0.15) is 12.4 Å². The van der Waals surface area contributed by atoms with Crippen LogP contribution in [-0.2, 0) is 11.2 Å². The molecule has 2 heteroatoms. The van der Waals surface area contributed by atoms with Gasteiger partial charge < -0.3 is 4.74 Å². The van der Waals surface area contributed by atoms with Gasteiger partial charge in [-0.2, -0.15) is 0 Å². The Labute approximate surface area is 109 Å². The first kappa shape index (κ1) is 14.2. The lowest BCUT2D eigenvalue weighted by molar-refractivity contribution is -0.109. The van der Waals surface area contributed by atoms with Crippen molar-refractivity contribution in [3.63, 3.8) is 0 Å². The van der Waals surface area contributed by atoms with Crippen LogP contribution in [0.25, 0.3) is 10.8 Å². The zero-order chi connectivity index (χ0) is 13.4. The second-order valence-electron chi connectivity index (χ2n) is 3.60. The smallest absolute Gasteiger partial charge is 0.157 e. The molecule has 0 fully saturated rings. The highest BCUT2D eigenvalue weighted by atomic mass is 16.5. The first-order chi connectivity index (χ1) is 8.86. The molecule has 0 radical (unpaired) electrons. The molecule has 0 aliphatic carbocycles. The highest BCUT2D eigenvalue weighted by Crippen LogP contribution is 2.28. The molecule has 0 spiro atoms. The number of hydrogen-bond acceptors (Lipinski definition) is 2. The van der Waals surface area contributed by atoms with Crippen molar-refractivity contribution in [2.24, 2.45) is 0 Å². The molecule has 0 amide bonds. The average Bonchev–Trinajstić information content (AvgIpc) is 2.46. The third-order valence-corrected chi connectivity index (χ3v) is 2.66. The average molecular weight is 244 g/mol. The molecule has 96 valence electrons. The predicted octanol–water partition coefficient (Wildman–Crippen LogP) is 4.01. The summed E-state index contributed by atoms with van der Waals surface area (Å²) < 4.78 is 5.40. The standard InChI is InChI=1S/C14H14O2.C2H6/c1-2-11-5-3-7-13-12(11)6-4-8-14(13)16-10-9-15;1-2/h3-9H,2,10H2,1H3;1-2H3. The number of aryl methyl sites for hydroxylation is 1. The number of fused-ring (bicyclic) bond motifs is 1. The van der Waals surface area contributed by atoms with Crippen LogP contribution >= 0.6 is 0 Å². The molecule has 0 atom stereocenters. The van der Waals surface area contributed by atoms with E-state index in [1.54, 1.807) is 0 Å². The van der Waals surface area contributed by atoms with Crippen LogP contribution in [0.3, 0.4) is 0 Å². The van der Waals surface area contributed by atoms with Crippen LogP contribution in [0.4, 0.5) is 0 Å². The van der Waals surface area contributed by atoms with Gasteiger partial charge in [0.05, 0.1) is 0 Å². The van der Waals surface area contributed by atoms with Gasteiger partial charge in [0.15, 0.2) is 6.29 Å². The molecule has 0 aliphatic rings. The van der Waals surface area contributed by atoms with Gasteiger partial charge in [0.2, 0.25) is 0 Å². The largest absolute Gasteiger partial charge is 0.486 e. The summed E-state index contributed by atoms with van der Waals surface area (Å²) in [6.45, 7) is 6.24. The Morgan fingerprint density at radius 2 is 1.72 bits per heavy atom. The van der Waals surface area contributed by atoms with E-state index in [1.165, 1.54) is 10.9 Å². The minimum absolute atomic E-state index is 0.107. The SMILES string of the molecule is CC.CCc1cccc2c(OCC=O)cccc12. The minimum atomic E-state index is 0.107. The number of carbonyl (C=O) groups excluding carboxylic acids is 1. The lowest BCUT2D eigenvalue weighted by Gasteiger charge is -2.09. The molecular formula is C16H20O2. The fourth-order valence-electron chi connectivity index (χ4n) is 1.90. The number of carbonyl (C=O) groups is 1. The number of hydrogen-bond donors (Lipinski definition) is 0. The van der Waals surface area contributed by atoms with Crippen LogP contribution in [-0.4, -0.2) is 12.9 Å². The van der Waals surface area contributed by atoms with Gasteiger partial charge in [-0.3, -0.25) is 4.79 Å². The van der Waals surface area contributed by atoms with Crippen molar-refractivity contribution in [3.8, 4) is 5.75 Å². The summed E-state index contributed by atoms with van der Waals surface area (Å²) in [5.74, 6) is 0.778. The zero-order valence-electron chi connectivity index (χ0n) is 11.3. The zero-order valence-corrected chi connectivity index (χ0v) is 11.3. The van der Waals surface area contributed by atoms with Gasteiger partial charge in [0, 0.05) is 5.39 Å². The maximum Gasteiger partial charge on any atom is 0.157 e. The Hall–Kier alpha value is -1.83. The van der Waals surface area contributed by atoms with Crippen molar-refractivity contribution in [1.29, 1.82) is 0 Å². The van der Waals surface area contributed by atoms with E-state index in [9.17, 15) is 4.79 Å². The molecule has 0 N–H and O–H groups in total. The van der Waals surface area contributed by atoms with Crippen molar-refractivity contribution in [2.45, 2.75) is 27.2 Å². The van der Waals surface area contributed by atoms with E-state index >= 15 is 0 Å². The Kier molecular flexibility index (Phi) is 5.92. The number of rotatable bonds is 4. The lowest BCUT2D eigenvalue weighted by Crippen LogP contribution is -1.98. The summed E-state index contributed by atoms with van der Waals surface area (Å²) in [6, 6.07) is 12.1. The van der Waals surface area contributed by atoms with Crippen molar-refractivity contribution in [1.82, 2.24) is 0 Å². The summed E-state index contributed by atoms with van der Waals surface area (Å²) >= 11 is 0. The number of ether oxygens (including phenoxy) is 1. The van der Waals surface area contributed by atoms with E-state index in [1.807, 2.05) is 38.1 Å². The molecule has 0 saturated carbocycles. The normalized spacial score (nSPS) is 9.50. The van der Waals surface area contributed by atoms with Crippen molar-refractivity contribution >= 4 is 17.1 Å². The third-order valence-electron chi connectivity index (χ3n) is 2.66. The van der Waals surface area contributed by atoms with E-state index in [-0.39, 0.29) is 6.61 Å². The second kappa shape index (κ2) is 7.49. The van der Waals surface area contributed by atoms with E-state index in [2.05, 4.69) is 19.1 Å². The highest BCUT2D eigenvalue weighted by molar-refractivity contribution is 5.91. The Morgan fingerprint density at radius 1 is 1.06 bits per heavy atom. The maximum atomic E-state index is 10.3. The topological polar surface area (TPSA) is 26.3 Å². The van der Waals surface area contributed by atoms with Crippen molar-refractivity contribution in [3.05, 3.63) is 42.0 Å². The molecule has 2 rings (SSSR count). The summed E-state index contributed by atoms with van der Waals surface area (Å²) in [4.78, 5) is 10.3. The summed E-state index contributed by atoms with van der Waals surface area (Å²) in [5.41, 5.74) is 1.30. The molecule has 2 aromatic carbocycles. The third kappa shape index (κ3) is 3.10. The van der Waals surface area contributed by atoms with E-state index in [0.29, 0.717) is 0 Å². The van der Waals surface area contributed by atoms with Crippen LogP contribution in [0.15, 0.2) is 36.4 Å². The Balaban J connectivity index is 0.000000771. The fourth-order valence-corrected chi connectivity index (χ4v) is 1.90. The van der Waals surface area contributed by atoms with Crippen LogP contribution in [0.5, 0.6) is 5.75 Å². The van der Waals surface area contributed by atoms with Gasteiger partial charge in [0.25, 0.3) is 0 Å². The predicted molar refractivity (Wildman–Crippen MR) is 76.2 cm³/mol. The van der Waals surface area contributed by atoms with Gasteiger partial charge in [-0.1, -0.05) is 51.1 Å². The molecule has 0 aliphatic heterocycles. The first-order valence-corrected chi connectivity index (χ1v) is 6.44. The second-order valence-corrected chi connectivity index (χ2v) is 3.60. The monoisotopic (exact) mass is 244 g/mol. The Morgan fingerprint density at radius 3 is 2.39 bits per heavy atom. The molecule has 0 bridgehead atoms. The van der Waals surface area contributed by atoms with E-state index in [0.717, 1.165) is 23.8 Å². The van der Waals surface area contributed by atoms with Crippen LogP contribution in [0.2, 0.25) is 0 Å². The Bertz CT molecular complexity index is 503.